The van der Waals surface area contributed by atoms with Crippen LogP contribution in [0.15, 0.2) is 58.5 Å². The standard InChI is InChI=1S/C16H16N2O2S/c1-2-21-15-8-6-12(7-9-15)11-17-18-14-5-3-4-13(10-14)16(19)20/h3-11,18H,2H2,1H3,(H,19,20). The first-order chi connectivity index (χ1) is 10.2. The maximum absolute atomic E-state index is 10.9. The lowest BCUT2D eigenvalue weighted by Gasteiger charge is -2.02. The van der Waals surface area contributed by atoms with Gasteiger partial charge >= 0.3 is 5.97 Å². The van der Waals surface area contributed by atoms with Crippen LogP contribution in [-0.4, -0.2) is 23.0 Å². The molecule has 0 aliphatic heterocycles. The molecule has 0 fully saturated rings. The first-order valence-corrected chi connectivity index (χ1v) is 7.53. The van der Waals surface area contributed by atoms with Crippen molar-refractivity contribution >= 4 is 29.6 Å². The first-order valence-electron chi connectivity index (χ1n) is 6.54. The number of carboxylic acids is 1. The lowest BCUT2D eigenvalue weighted by atomic mass is 10.2. The molecule has 0 saturated carbocycles. The summed E-state index contributed by atoms with van der Waals surface area (Å²) in [4.78, 5) is 12.1. The van der Waals surface area contributed by atoms with E-state index in [1.807, 2.05) is 12.1 Å². The second kappa shape index (κ2) is 7.50. The molecule has 0 spiro atoms. The maximum atomic E-state index is 10.9. The van der Waals surface area contributed by atoms with E-state index in [0.29, 0.717) is 5.69 Å². The van der Waals surface area contributed by atoms with Crippen LogP contribution in [0.3, 0.4) is 0 Å². The third-order valence-electron chi connectivity index (χ3n) is 2.71. The van der Waals surface area contributed by atoms with Crippen molar-refractivity contribution in [3.05, 3.63) is 59.7 Å². The minimum atomic E-state index is -0.952. The molecule has 0 saturated heterocycles. The lowest BCUT2D eigenvalue weighted by molar-refractivity contribution is 0.0697. The number of carboxylic acid groups (broad SMARTS) is 1. The fourth-order valence-corrected chi connectivity index (χ4v) is 2.38. The van der Waals surface area contributed by atoms with Gasteiger partial charge in [0.15, 0.2) is 0 Å². The van der Waals surface area contributed by atoms with Gasteiger partial charge in [0, 0.05) is 4.90 Å². The van der Waals surface area contributed by atoms with Gasteiger partial charge in [-0.05, 0) is 41.6 Å². The van der Waals surface area contributed by atoms with Crippen molar-refractivity contribution in [3.8, 4) is 0 Å². The Balaban J connectivity index is 1.98. The maximum Gasteiger partial charge on any atom is 0.335 e. The van der Waals surface area contributed by atoms with Crippen molar-refractivity contribution in [1.29, 1.82) is 0 Å². The van der Waals surface area contributed by atoms with Gasteiger partial charge in [-0.3, -0.25) is 5.43 Å². The highest BCUT2D eigenvalue weighted by Crippen LogP contribution is 2.17. The Bertz CT molecular complexity index is 639. The number of nitrogens with one attached hydrogen (secondary N) is 1. The molecule has 0 bridgehead atoms. The summed E-state index contributed by atoms with van der Waals surface area (Å²) in [5.41, 5.74) is 4.69. The monoisotopic (exact) mass is 300 g/mol. The second-order valence-corrected chi connectivity index (χ2v) is 5.60. The Labute approximate surface area is 127 Å². The summed E-state index contributed by atoms with van der Waals surface area (Å²) in [6.45, 7) is 2.12. The van der Waals surface area contributed by atoms with E-state index in [0.717, 1.165) is 11.3 Å². The summed E-state index contributed by atoms with van der Waals surface area (Å²) < 4.78 is 0. The van der Waals surface area contributed by atoms with Crippen molar-refractivity contribution in [2.24, 2.45) is 5.10 Å². The minimum Gasteiger partial charge on any atom is -0.478 e. The van der Waals surface area contributed by atoms with Crippen LogP contribution in [0.25, 0.3) is 0 Å². The Morgan fingerprint density at radius 1 is 1.29 bits per heavy atom. The van der Waals surface area contributed by atoms with Crippen LogP contribution in [0.5, 0.6) is 0 Å². The minimum absolute atomic E-state index is 0.233. The van der Waals surface area contributed by atoms with Crippen LogP contribution >= 0.6 is 11.8 Å². The van der Waals surface area contributed by atoms with Gasteiger partial charge in [0.05, 0.1) is 17.5 Å². The normalized spacial score (nSPS) is 10.7. The molecule has 0 atom stereocenters. The third-order valence-corrected chi connectivity index (χ3v) is 3.60. The van der Waals surface area contributed by atoms with E-state index >= 15 is 0 Å². The molecular weight excluding hydrogens is 284 g/mol. The van der Waals surface area contributed by atoms with E-state index in [9.17, 15) is 4.79 Å². The zero-order valence-electron chi connectivity index (χ0n) is 11.6. The number of nitrogens with zero attached hydrogens (tertiary/aromatic N) is 1. The predicted octanol–water partition coefficient (Wildman–Crippen LogP) is 3.94. The molecule has 5 heteroatoms. The molecule has 0 amide bonds. The largest absolute Gasteiger partial charge is 0.478 e. The molecule has 0 radical (unpaired) electrons. The molecule has 0 aliphatic rings. The van der Waals surface area contributed by atoms with Crippen molar-refractivity contribution < 1.29 is 9.90 Å². The lowest BCUT2D eigenvalue weighted by Crippen LogP contribution is -1.97. The van der Waals surface area contributed by atoms with Crippen LogP contribution in [0.4, 0.5) is 5.69 Å². The second-order valence-electron chi connectivity index (χ2n) is 4.26. The van der Waals surface area contributed by atoms with E-state index in [4.69, 9.17) is 5.11 Å². The molecule has 21 heavy (non-hydrogen) atoms. The Morgan fingerprint density at radius 3 is 2.71 bits per heavy atom. The predicted molar refractivity (Wildman–Crippen MR) is 87.5 cm³/mol. The summed E-state index contributed by atoms with van der Waals surface area (Å²) in [5.74, 6) is 0.0983. The number of hydrogen-bond donors (Lipinski definition) is 2. The van der Waals surface area contributed by atoms with Crippen LogP contribution in [0, 0.1) is 0 Å². The molecule has 4 nitrogen and oxygen atoms in total. The number of carbonyl (C=O) groups is 1. The van der Waals surface area contributed by atoms with Gasteiger partial charge < -0.3 is 5.11 Å². The van der Waals surface area contributed by atoms with Crippen molar-refractivity contribution in [2.75, 3.05) is 11.2 Å². The molecule has 0 unspecified atom stereocenters. The Kier molecular flexibility index (Phi) is 5.40. The summed E-state index contributed by atoms with van der Waals surface area (Å²) in [5, 5.41) is 13.0. The van der Waals surface area contributed by atoms with Crippen LogP contribution in [0.1, 0.15) is 22.8 Å². The van der Waals surface area contributed by atoms with Gasteiger partial charge in [0.2, 0.25) is 0 Å². The smallest absolute Gasteiger partial charge is 0.335 e. The zero-order valence-corrected chi connectivity index (χ0v) is 12.4. The van der Waals surface area contributed by atoms with E-state index in [-0.39, 0.29) is 5.56 Å². The molecule has 2 aromatic rings. The molecular formula is C16H16N2O2S. The first kappa shape index (κ1) is 15.1. The van der Waals surface area contributed by atoms with Gasteiger partial charge in [-0.1, -0.05) is 25.1 Å². The van der Waals surface area contributed by atoms with Gasteiger partial charge in [-0.2, -0.15) is 5.10 Å². The highest BCUT2D eigenvalue weighted by Gasteiger charge is 2.01. The topological polar surface area (TPSA) is 61.7 Å². The highest BCUT2D eigenvalue weighted by atomic mass is 32.2. The SMILES string of the molecule is CCSc1ccc(C=NNc2cccc(C(=O)O)c2)cc1. The van der Waals surface area contributed by atoms with E-state index < -0.39 is 5.97 Å². The number of hydrazone groups is 1. The van der Waals surface area contributed by atoms with Gasteiger partial charge in [0.25, 0.3) is 0 Å². The van der Waals surface area contributed by atoms with E-state index in [1.54, 1.807) is 42.2 Å². The third kappa shape index (κ3) is 4.65. The quantitative estimate of drug-likeness (QED) is 0.482. The van der Waals surface area contributed by atoms with E-state index in [1.165, 1.54) is 4.90 Å². The summed E-state index contributed by atoms with van der Waals surface area (Å²) in [7, 11) is 0. The van der Waals surface area contributed by atoms with Gasteiger partial charge in [-0.25, -0.2) is 4.79 Å². The van der Waals surface area contributed by atoms with Crippen LogP contribution in [0.2, 0.25) is 0 Å². The van der Waals surface area contributed by atoms with Crippen LogP contribution < -0.4 is 5.43 Å². The van der Waals surface area contributed by atoms with Crippen LogP contribution in [-0.2, 0) is 0 Å². The molecule has 108 valence electrons. The van der Waals surface area contributed by atoms with Gasteiger partial charge in [0.1, 0.15) is 0 Å². The Hall–Kier alpha value is -2.27. The summed E-state index contributed by atoms with van der Waals surface area (Å²) >= 11 is 1.79. The number of benzene rings is 2. The zero-order chi connectivity index (χ0) is 15.1. The average Bonchev–Trinajstić information content (AvgIpc) is 2.50. The summed E-state index contributed by atoms with van der Waals surface area (Å²) in [6.07, 6.45) is 1.70. The Morgan fingerprint density at radius 2 is 2.05 bits per heavy atom. The molecule has 2 rings (SSSR count). The number of thioether (sulfide) groups is 1. The fraction of sp³-hybridized carbons (Fsp3) is 0.125. The number of rotatable bonds is 6. The molecule has 2 N–H and O–H groups in total. The summed E-state index contributed by atoms with van der Waals surface area (Å²) in [6, 6.07) is 14.6. The number of aromatic carboxylic acids is 1. The average molecular weight is 300 g/mol. The number of anilines is 1. The molecule has 0 aromatic heterocycles. The number of hydrogen-bond acceptors (Lipinski definition) is 4. The van der Waals surface area contributed by atoms with Crippen molar-refractivity contribution in [2.45, 2.75) is 11.8 Å². The van der Waals surface area contributed by atoms with E-state index in [2.05, 4.69) is 29.6 Å². The molecule has 0 heterocycles. The molecule has 0 aliphatic carbocycles. The van der Waals surface area contributed by atoms with Crippen molar-refractivity contribution in [3.63, 3.8) is 0 Å². The van der Waals surface area contributed by atoms with Gasteiger partial charge in [-0.15, -0.1) is 11.8 Å². The highest BCUT2D eigenvalue weighted by molar-refractivity contribution is 7.99. The fourth-order valence-electron chi connectivity index (χ4n) is 1.72. The van der Waals surface area contributed by atoms with Crippen molar-refractivity contribution in [1.82, 2.24) is 0 Å². The molecule has 2 aromatic carbocycles.